The van der Waals surface area contributed by atoms with Crippen LogP contribution in [0.1, 0.15) is 15.9 Å². The van der Waals surface area contributed by atoms with Gasteiger partial charge in [-0.3, -0.25) is 9.52 Å². The minimum Gasteiger partial charge on any atom is -0.337 e. The summed E-state index contributed by atoms with van der Waals surface area (Å²) in [6.45, 7) is 0.323. The summed E-state index contributed by atoms with van der Waals surface area (Å²) in [6.07, 6.45) is 0. The number of carbonyl (C=O) groups excluding carboxylic acids is 1. The Morgan fingerprint density at radius 1 is 0.966 bits per heavy atom. The Morgan fingerprint density at radius 2 is 1.55 bits per heavy atom. The van der Waals surface area contributed by atoms with E-state index < -0.39 is 10.0 Å². The first-order valence-electron chi connectivity index (χ1n) is 8.63. The molecule has 0 aliphatic rings. The summed E-state index contributed by atoms with van der Waals surface area (Å²) in [5.41, 5.74) is 1.54. The van der Waals surface area contributed by atoms with Crippen molar-refractivity contribution in [1.29, 1.82) is 0 Å². The SMILES string of the molecule is CN(Cc1ccc(F)cc1)C(=O)c1ccc(NS(=O)(=O)c2ccc(Cl)cc2)cc1. The summed E-state index contributed by atoms with van der Waals surface area (Å²) < 4.78 is 40.3. The third kappa shape index (κ3) is 5.34. The molecule has 0 fully saturated rings. The Labute approximate surface area is 173 Å². The summed E-state index contributed by atoms with van der Waals surface area (Å²) in [5.74, 6) is -0.569. The molecule has 0 saturated carbocycles. The van der Waals surface area contributed by atoms with E-state index in [0.29, 0.717) is 22.8 Å². The number of benzene rings is 3. The maximum absolute atomic E-state index is 13.0. The first-order chi connectivity index (χ1) is 13.7. The predicted molar refractivity (Wildman–Crippen MR) is 111 cm³/mol. The fourth-order valence-electron chi connectivity index (χ4n) is 2.66. The van der Waals surface area contributed by atoms with Crippen molar-refractivity contribution in [2.24, 2.45) is 0 Å². The Bertz CT molecular complexity index is 1100. The van der Waals surface area contributed by atoms with Crippen LogP contribution in [-0.2, 0) is 16.6 Å². The van der Waals surface area contributed by atoms with Crippen molar-refractivity contribution in [3.63, 3.8) is 0 Å². The molecule has 5 nitrogen and oxygen atoms in total. The lowest BCUT2D eigenvalue weighted by Gasteiger charge is -2.17. The van der Waals surface area contributed by atoms with Crippen LogP contribution in [0.15, 0.2) is 77.7 Å². The monoisotopic (exact) mass is 432 g/mol. The topological polar surface area (TPSA) is 66.5 Å². The van der Waals surface area contributed by atoms with Crippen LogP contribution in [0.2, 0.25) is 5.02 Å². The first-order valence-corrected chi connectivity index (χ1v) is 10.5. The first kappa shape index (κ1) is 20.8. The van der Waals surface area contributed by atoms with E-state index in [1.807, 2.05) is 0 Å². The van der Waals surface area contributed by atoms with Crippen molar-refractivity contribution in [2.45, 2.75) is 11.4 Å². The van der Waals surface area contributed by atoms with Gasteiger partial charge in [-0.1, -0.05) is 23.7 Å². The molecule has 150 valence electrons. The number of hydrogen-bond acceptors (Lipinski definition) is 3. The van der Waals surface area contributed by atoms with Gasteiger partial charge in [-0.05, 0) is 66.2 Å². The van der Waals surface area contributed by atoms with E-state index in [1.165, 1.54) is 53.4 Å². The molecule has 0 heterocycles. The molecule has 3 rings (SSSR count). The van der Waals surface area contributed by atoms with Crippen LogP contribution in [0.25, 0.3) is 0 Å². The lowest BCUT2D eigenvalue weighted by Crippen LogP contribution is -2.26. The molecule has 3 aromatic carbocycles. The summed E-state index contributed by atoms with van der Waals surface area (Å²) in [4.78, 5) is 14.2. The number of anilines is 1. The Morgan fingerprint density at radius 3 is 2.14 bits per heavy atom. The number of halogens is 2. The number of amides is 1. The number of rotatable bonds is 6. The minimum absolute atomic E-state index is 0.0843. The summed E-state index contributed by atoms with van der Waals surface area (Å²) >= 11 is 5.78. The van der Waals surface area contributed by atoms with Gasteiger partial charge in [0.1, 0.15) is 5.82 Å². The second-order valence-corrected chi connectivity index (χ2v) is 8.54. The van der Waals surface area contributed by atoms with Gasteiger partial charge in [-0.15, -0.1) is 0 Å². The fourth-order valence-corrected chi connectivity index (χ4v) is 3.85. The van der Waals surface area contributed by atoms with Gasteiger partial charge in [-0.25, -0.2) is 12.8 Å². The fraction of sp³-hybridized carbons (Fsp3) is 0.0952. The molecule has 0 aliphatic heterocycles. The molecule has 1 N–H and O–H groups in total. The maximum Gasteiger partial charge on any atom is 0.261 e. The molecular weight excluding hydrogens is 415 g/mol. The van der Waals surface area contributed by atoms with Gasteiger partial charge in [-0.2, -0.15) is 0 Å². The highest BCUT2D eigenvalue weighted by Crippen LogP contribution is 2.19. The smallest absolute Gasteiger partial charge is 0.261 e. The van der Waals surface area contributed by atoms with Crippen molar-refractivity contribution in [3.8, 4) is 0 Å². The highest BCUT2D eigenvalue weighted by atomic mass is 35.5. The zero-order chi connectivity index (χ0) is 21.0. The van der Waals surface area contributed by atoms with Crippen molar-refractivity contribution in [3.05, 3.63) is 94.8 Å². The van der Waals surface area contributed by atoms with Gasteiger partial charge in [0.25, 0.3) is 15.9 Å². The Hall–Kier alpha value is -2.90. The molecule has 0 atom stereocenters. The van der Waals surface area contributed by atoms with Crippen LogP contribution in [0, 0.1) is 5.82 Å². The van der Waals surface area contributed by atoms with Crippen LogP contribution in [0.3, 0.4) is 0 Å². The van der Waals surface area contributed by atoms with E-state index in [0.717, 1.165) is 5.56 Å². The Balaban J connectivity index is 1.68. The number of carbonyl (C=O) groups is 1. The summed E-state index contributed by atoms with van der Waals surface area (Å²) in [6, 6.07) is 17.9. The van der Waals surface area contributed by atoms with Gasteiger partial charge in [0, 0.05) is 29.9 Å². The van der Waals surface area contributed by atoms with E-state index in [2.05, 4.69) is 4.72 Å². The van der Waals surface area contributed by atoms with Gasteiger partial charge in [0.05, 0.1) is 4.90 Å². The molecule has 0 saturated heterocycles. The molecule has 0 radical (unpaired) electrons. The predicted octanol–water partition coefficient (Wildman–Crippen LogP) is 4.55. The van der Waals surface area contributed by atoms with Gasteiger partial charge < -0.3 is 4.90 Å². The average molecular weight is 433 g/mol. The highest BCUT2D eigenvalue weighted by Gasteiger charge is 2.16. The van der Waals surface area contributed by atoms with Gasteiger partial charge in [0.15, 0.2) is 0 Å². The molecule has 0 unspecified atom stereocenters. The average Bonchev–Trinajstić information content (AvgIpc) is 2.70. The zero-order valence-electron chi connectivity index (χ0n) is 15.5. The van der Waals surface area contributed by atoms with Crippen LogP contribution in [0.5, 0.6) is 0 Å². The maximum atomic E-state index is 13.0. The second kappa shape index (κ2) is 8.63. The molecule has 1 amide bonds. The molecule has 0 bridgehead atoms. The second-order valence-electron chi connectivity index (χ2n) is 6.42. The van der Waals surface area contributed by atoms with Crippen LogP contribution >= 0.6 is 11.6 Å². The number of hydrogen-bond donors (Lipinski definition) is 1. The third-order valence-electron chi connectivity index (χ3n) is 4.19. The normalized spacial score (nSPS) is 11.1. The molecule has 0 aliphatic carbocycles. The summed E-state index contributed by atoms with van der Waals surface area (Å²) in [5, 5.41) is 0.441. The molecule has 0 aromatic heterocycles. The molecule has 0 spiro atoms. The standard InChI is InChI=1S/C21H18ClFN2O3S/c1-25(14-15-2-8-18(23)9-3-15)21(26)16-4-10-19(11-5-16)24-29(27,28)20-12-6-17(22)7-13-20/h2-13,24H,14H2,1H3. The lowest BCUT2D eigenvalue weighted by molar-refractivity contribution is 0.0785. The van der Waals surface area contributed by atoms with E-state index in [1.54, 1.807) is 31.3 Å². The van der Waals surface area contributed by atoms with Crippen LogP contribution in [-0.4, -0.2) is 26.3 Å². The van der Waals surface area contributed by atoms with E-state index in [-0.39, 0.29) is 16.6 Å². The Kier molecular flexibility index (Phi) is 6.20. The van der Waals surface area contributed by atoms with E-state index in [4.69, 9.17) is 11.6 Å². The molecule has 29 heavy (non-hydrogen) atoms. The largest absolute Gasteiger partial charge is 0.337 e. The van der Waals surface area contributed by atoms with Crippen LogP contribution < -0.4 is 4.72 Å². The molecular formula is C21H18ClFN2O3S. The van der Waals surface area contributed by atoms with Crippen LogP contribution in [0.4, 0.5) is 10.1 Å². The van der Waals surface area contributed by atoms with E-state index >= 15 is 0 Å². The number of nitrogens with one attached hydrogen (secondary N) is 1. The third-order valence-corrected chi connectivity index (χ3v) is 5.84. The van der Waals surface area contributed by atoms with Crippen molar-refractivity contribution >= 4 is 33.2 Å². The minimum atomic E-state index is -3.76. The zero-order valence-corrected chi connectivity index (χ0v) is 17.0. The quantitative estimate of drug-likeness (QED) is 0.621. The summed E-state index contributed by atoms with van der Waals surface area (Å²) in [7, 11) is -2.12. The van der Waals surface area contributed by atoms with Crippen molar-refractivity contribution in [1.82, 2.24) is 4.90 Å². The van der Waals surface area contributed by atoms with Crippen molar-refractivity contribution in [2.75, 3.05) is 11.8 Å². The van der Waals surface area contributed by atoms with Crippen molar-refractivity contribution < 1.29 is 17.6 Å². The number of sulfonamides is 1. The van der Waals surface area contributed by atoms with E-state index in [9.17, 15) is 17.6 Å². The van der Waals surface area contributed by atoms with Gasteiger partial charge >= 0.3 is 0 Å². The lowest BCUT2D eigenvalue weighted by atomic mass is 10.1. The highest BCUT2D eigenvalue weighted by molar-refractivity contribution is 7.92. The number of nitrogens with zero attached hydrogens (tertiary/aromatic N) is 1. The molecule has 8 heteroatoms. The van der Waals surface area contributed by atoms with Gasteiger partial charge in [0.2, 0.25) is 0 Å². The molecule has 3 aromatic rings.